The number of benzene rings is 9. The van der Waals surface area contributed by atoms with Crippen LogP contribution in [-0.2, 0) is 10.8 Å². The van der Waals surface area contributed by atoms with Gasteiger partial charge in [0.25, 0.3) is 0 Å². The molecule has 3 heteroatoms. The lowest BCUT2D eigenvalue weighted by molar-refractivity contribution is 0.436. The molecule has 0 N–H and O–H groups in total. The molecule has 2 aliphatic heterocycles. The van der Waals surface area contributed by atoms with Gasteiger partial charge in [-0.1, -0.05) is 163 Å². The molecule has 0 unspecified atom stereocenters. The van der Waals surface area contributed by atoms with Crippen LogP contribution in [0, 0.1) is 0 Å². The largest absolute Gasteiger partial charge is 0.457 e. The number of anilines is 3. The van der Waals surface area contributed by atoms with Gasteiger partial charge in [0.2, 0.25) is 0 Å². The lowest BCUT2D eigenvalue weighted by Crippen LogP contribution is -2.32. The highest BCUT2D eigenvalue weighted by atomic mass is 32.2. The monoisotopic (exact) mass is 769 g/mol. The van der Waals surface area contributed by atoms with E-state index in [-0.39, 0.29) is 0 Å². The molecule has 0 fully saturated rings. The molecule has 4 aliphatic rings. The minimum Gasteiger partial charge on any atom is -0.457 e. The summed E-state index contributed by atoms with van der Waals surface area (Å²) in [5.74, 6) is 1.81. The molecule has 2 aliphatic carbocycles. The lowest BCUT2D eigenvalue weighted by Gasteiger charge is -2.40. The fourth-order valence-corrected chi connectivity index (χ4v) is 12.2. The second kappa shape index (κ2) is 12.2. The molecule has 2 heterocycles. The van der Waals surface area contributed by atoms with Crippen molar-refractivity contribution in [1.29, 1.82) is 0 Å². The third-order valence-electron chi connectivity index (χ3n) is 13.2. The molecule has 2 spiro atoms. The van der Waals surface area contributed by atoms with Crippen LogP contribution in [0.1, 0.15) is 44.5 Å². The zero-order chi connectivity index (χ0) is 38.7. The van der Waals surface area contributed by atoms with E-state index in [9.17, 15) is 0 Å². The molecule has 13 rings (SSSR count). The van der Waals surface area contributed by atoms with E-state index in [0.29, 0.717) is 0 Å². The summed E-state index contributed by atoms with van der Waals surface area (Å²) >= 11 is 1.89. The normalized spacial score (nSPS) is 14.8. The Balaban J connectivity index is 1.07. The molecule has 0 saturated heterocycles. The van der Waals surface area contributed by atoms with E-state index in [0.717, 1.165) is 28.6 Å². The van der Waals surface area contributed by atoms with Gasteiger partial charge in [0.1, 0.15) is 11.5 Å². The smallest absolute Gasteiger partial charge is 0.132 e. The minimum atomic E-state index is -0.515. The minimum absolute atomic E-state index is 0.462. The molecule has 0 aromatic heterocycles. The fraction of sp³-hybridized carbons (Fsp3) is 0.0357. The Bertz CT molecular complexity index is 3110. The zero-order valence-corrected chi connectivity index (χ0v) is 32.8. The first kappa shape index (κ1) is 33.0. The van der Waals surface area contributed by atoms with Gasteiger partial charge in [0.15, 0.2) is 0 Å². The van der Waals surface area contributed by atoms with Crippen molar-refractivity contribution in [2.75, 3.05) is 4.90 Å². The van der Waals surface area contributed by atoms with Crippen LogP contribution in [0.25, 0.3) is 22.3 Å². The molecule has 59 heavy (non-hydrogen) atoms. The van der Waals surface area contributed by atoms with E-state index in [1.54, 1.807) is 0 Å². The summed E-state index contributed by atoms with van der Waals surface area (Å²) in [6, 6.07) is 78.4. The van der Waals surface area contributed by atoms with Crippen molar-refractivity contribution in [3.05, 3.63) is 257 Å². The van der Waals surface area contributed by atoms with Gasteiger partial charge in [0.05, 0.1) is 10.8 Å². The predicted molar refractivity (Wildman–Crippen MR) is 240 cm³/mol. The number of nitrogens with zero attached hydrogens (tertiary/aromatic N) is 1. The second-order valence-corrected chi connectivity index (χ2v) is 17.0. The molecule has 9 aromatic carbocycles. The molecule has 0 bridgehead atoms. The van der Waals surface area contributed by atoms with Gasteiger partial charge in [-0.2, -0.15) is 0 Å². The molecule has 0 radical (unpaired) electrons. The van der Waals surface area contributed by atoms with Crippen LogP contribution >= 0.6 is 11.8 Å². The first-order chi connectivity index (χ1) is 29.3. The average Bonchev–Trinajstić information content (AvgIpc) is 3.75. The Kier molecular flexibility index (Phi) is 6.83. The Hall–Kier alpha value is -7.07. The summed E-state index contributed by atoms with van der Waals surface area (Å²) in [5.41, 5.74) is 17.7. The van der Waals surface area contributed by atoms with Crippen LogP contribution in [0.4, 0.5) is 17.1 Å². The first-order valence-electron chi connectivity index (χ1n) is 20.3. The van der Waals surface area contributed by atoms with E-state index < -0.39 is 10.8 Å². The Labute approximate surface area is 348 Å². The fourth-order valence-electron chi connectivity index (χ4n) is 11.0. The summed E-state index contributed by atoms with van der Waals surface area (Å²) in [6.45, 7) is 0. The Morgan fingerprint density at radius 3 is 1.39 bits per heavy atom. The van der Waals surface area contributed by atoms with E-state index in [2.05, 4.69) is 217 Å². The highest BCUT2D eigenvalue weighted by Crippen LogP contribution is 2.64. The van der Waals surface area contributed by atoms with Crippen molar-refractivity contribution in [2.45, 2.75) is 20.6 Å². The quantitative estimate of drug-likeness (QED) is 0.178. The summed E-state index contributed by atoms with van der Waals surface area (Å²) < 4.78 is 6.61. The van der Waals surface area contributed by atoms with Crippen LogP contribution in [-0.4, -0.2) is 0 Å². The van der Waals surface area contributed by atoms with Gasteiger partial charge < -0.3 is 9.64 Å². The molecular formula is C56H35NOS. The van der Waals surface area contributed by atoms with Gasteiger partial charge in [0, 0.05) is 38.0 Å². The van der Waals surface area contributed by atoms with Crippen LogP contribution in [0.5, 0.6) is 11.5 Å². The van der Waals surface area contributed by atoms with Crippen molar-refractivity contribution in [1.82, 2.24) is 0 Å². The third-order valence-corrected chi connectivity index (χ3v) is 14.3. The molecule has 276 valence electrons. The Morgan fingerprint density at radius 1 is 0.305 bits per heavy atom. The zero-order valence-electron chi connectivity index (χ0n) is 32.0. The maximum atomic E-state index is 6.61. The topological polar surface area (TPSA) is 12.5 Å². The number of para-hydroxylation sites is 3. The van der Waals surface area contributed by atoms with Crippen LogP contribution in [0.15, 0.2) is 222 Å². The molecular weight excluding hydrogens is 735 g/mol. The van der Waals surface area contributed by atoms with Gasteiger partial charge >= 0.3 is 0 Å². The molecule has 2 nitrogen and oxygen atoms in total. The Morgan fingerprint density at radius 2 is 0.746 bits per heavy atom. The predicted octanol–water partition coefficient (Wildman–Crippen LogP) is 14.5. The summed E-state index contributed by atoms with van der Waals surface area (Å²) in [6.07, 6.45) is 0. The summed E-state index contributed by atoms with van der Waals surface area (Å²) in [4.78, 5) is 5.06. The highest BCUT2D eigenvalue weighted by Gasteiger charge is 2.52. The average molecular weight is 770 g/mol. The van der Waals surface area contributed by atoms with Gasteiger partial charge in [-0.25, -0.2) is 0 Å². The number of ether oxygens (including phenoxy) is 1. The van der Waals surface area contributed by atoms with Crippen LogP contribution in [0.2, 0.25) is 0 Å². The van der Waals surface area contributed by atoms with Crippen molar-refractivity contribution in [2.24, 2.45) is 0 Å². The summed E-state index contributed by atoms with van der Waals surface area (Å²) in [7, 11) is 0. The second-order valence-electron chi connectivity index (χ2n) is 15.9. The number of fused-ring (bicyclic) bond motifs is 18. The standard InChI is InChI=1S/C56H35NOS/c1-2-16-36(17-3-1)57(37-31-33-45-42(34-37)40-19-5-7-21-44(40)55(45)46-22-8-12-26-51(46)58-52-27-13-9-23-47(52)55)38-30-32-41-39-18-4-6-20-43(39)56(50(41)35-38)48-24-10-14-28-53(48)59-54-29-15-11-25-49(54)56/h1-35H. The van der Waals surface area contributed by atoms with E-state index >= 15 is 0 Å². The van der Waals surface area contributed by atoms with E-state index in [1.807, 2.05) is 11.8 Å². The number of hydrogen-bond donors (Lipinski definition) is 0. The van der Waals surface area contributed by atoms with Crippen LogP contribution in [0.3, 0.4) is 0 Å². The number of rotatable bonds is 3. The number of hydrogen-bond acceptors (Lipinski definition) is 3. The van der Waals surface area contributed by atoms with Gasteiger partial charge in [-0.05, 0) is 116 Å². The van der Waals surface area contributed by atoms with Crippen LogP contribution < -0.4 is 9.64 Å². The van der Waals surface area contributed by atoms with Crippen molar-refractivity contribution >= 4 is 28.8 Å². The first-order valence-corrected chi connectivity index (χ1v) is 21.2. The molecule has 9 aromatic rings. The lowest BCUT2D eigenvalue weighted by atomic mass is 9.66. The van der Waals surface area contributed by atoms with Gasteiger partial charge in [-0.15, -0.1) is 0 Å². The highest BCUT2D eigenvalue weighted by molar-refractivity contribution is 7.99. The van der Waals surface area contributed by atoms with E-state index in [4.69, 9.17) is 4.74 Å². The SMILES string of the molecule is c1ccc(N(c2ccc3c(c2)-c2ccccc2C32c3ccccc3Oc3ccccc32)c2ccc3c(c2)C2(c4ccccc4Sc4ccccc42)c2ccccc2-3)cc1. The van der Waals surface area contributed by atoms with E-state index in [1.165, 1.54) is 76.6 Å². The molecule has 0 amide bonds. The molecule has 0 saturated carbocycles. The maximum Gasteiger partial charge on any atom is 0.132 e. The van der Waals surface area contributed by atoms with Crippen molar-refractivity contribution in [3.8, 4) is 33.8 Å². The summed E-state index contributed by atoms with van der Waals surface area (Å²) in [5, 5.41) is 0. The van der Waals surface area contributed by atoms with Gasteiger partial charge in [-0.3, -0.25) is 0 Å². The van der Waals surface area contributed by atoms with Crippen molar-refractivity contribution < 1.29 is 4.74 Å². The van der Waals surface area contributed by atoms with Crippen molar-refractivity contribution in [3.63, 3.8) is 0 Å². The molecule has 0 atom stereocenters. The maximum absolute atomic E-state index is 6.61. The third kappa shape index (κ3) is 4.27.